The van der Waals surface area contributed by atoms with Crippen molar-refractivity contribution in [3.05, 3.63) is 29.8 Å². The van der Waals surface area contributed by atoms with Crippen LogP contribution in [0.3, 0.4) is 0 Å². The van der Waals surface area contributed by atoms with Crippen LogP contribution in [-0.4, -0.2) is 47.6 Å². The van der Waals surface area contributed by atoms with Gasteiger partial charge in [0.25, 0.3) is 0 Å². The lowest BCUT2D eigenvalue weighted by molar-refractivity contribution is -0.137. The number of para-hydroxylation sites is 1. The van der Waals surface area contributed by atoms with E-state index in [2.05, 4.69) is 0 Å². The van der Waals surface area contributed by atoms with Gasteiger partial charge in [-0.25, -0.2) is 0 Å². The highest BCUT2D eigenvalue weighted by molar-refractivity contribution is 5.96. The molecule has 114 valence electrons. The first-order valence-corrected chi connectivity index (χ1v) is 7.33. The monoisotopic (exact) mass is 290 g/mol. The number of amides is 1. The molecule has 0 aliphatic carbocycles. The van der Waals surface area contributed by atoms with Gasteiger partial charge in [0.2, 0.25) is 5.91 Å². The summed E-state index contributed by atoms with van der Waals surface area (Å²) in [7, 11) is 0. The van der Waals surface area contributed by atoms with Crippen molar-refractivity contribution in [2.45, 2.75) is 32.7 Å². The molecule has 1 N–H and O–H groups in total. The van der Waals surface area contributed by atoms with E-state index in [0.717, 1.165) is 12.1 Å². The smallest absolute Gasteiger partial charge is 0.304 e. The number of rotatable bonds is 6. The summed E-state index contributed by atoms with van der Waals surface area (Å²) in [5.41, 5.74) is 2.19. The Morgan fingerprint density at radius 2 is 2.05 bits per heavy atom. The predicted molar refractivity (Wildman–Crippen MR) is 81.5 cm³/mol. The molecule has 0 saturated carbocycles. The minimum atomic E-state index is -0.834. The number of benzene rings is 1. The van der Waals surface area contributed by atoms with Crippen LogP contribution in [0.4, 0.5) is 5.69 Å². The van der Waals surface area contributed by atoms with E-state index >= 15 is 0 Å². The zero-order valence-corrected chi connectivity index (χ0v) is 12.6. The quantitative estimate of drug-likeness (QED) is 0.867. The van der Waals surface area contributed by atoms with Crippen molar-refractivity contribution in [3.63, 3.8) is 0 Å². The molecule has 5 nitrogen and oxygen atoms in total. The maximum absolute atomic E-state index is 12.5. The van der Waals surface area contributed by atoms with Crippen molar-refractivity contribution in [3.8, 4) is 0 Å². The van der Waals surface area contributed by atoms with Gasteiger partial charge >= 0.3 is 5.97 Å². The topological polar surface area (TPSA) is 60.9 Å². The third-order valence-corrected chi connectivity index (χ3v) is 3.87. The third-order valence-electron chi connectivity index (χ3n) is 3.87. The summed E-state index contributed by atoms with van der Waals surface area (Å²) in [5, 5.41) is 8.80. The number of hydrogen-bond donors (Lipinski definition) is 1. The number of fused-ring (bicyclic) bond motifs is 1. The van der Waals surface area contributed by atoms with Crippen LogP contribution in [0.2, 0.25) is 0 Å². The summed E-state index contributed by atoms with van der Waals surface area (Å²) < 4.78 is 0. The van der Waals surface area contributed by atoms with E-state index in [4.69, 9.17) is 5.11 Å². The number of anilines is 1. The van der Waals surface area contributed by atoms with Crippen LogP contribution < -0.4 is 4.90 Å². The third kappa shape index (κ3) is 3.82. The van der Waals surface area contributed by atoms with Gasteiger partial charge in [0.1, 0.15) is 0 Å². The zero-order valence-electron chi connectivity index (χ0n) is 12.6. The molecule has 0 saturated heterocycles. The largest absolute Gasteiger partial charge is 0.481 e. The minimum absolute atomic E-state index is 0.0408. The molecule has 1 aliphatic heterocycles. The molecule has 0 aromatic heterocycles. The first kappa shape index (κ1) is 15.5. The fraction of sp³-hybridized carbons (Fsp3) is 0.500. The van der Waals surface area contributed by atoms with Gasteiger partial charge in [-0.15, -0.1) is 0 Å². The minimum Gasteiger partial charge on any atom is -0.481 e. The number of carbonyl (C=O) groups is 2. The molecule has 2 rings (SSSR count). The molecule has 21 heavy (non-hydrogen) atoms. The van der Waals surface area contributed by atoms with E-state index in [1.165, 1.54) is 5.56 Å². The number of carboxylic acids is 1. The van der Waals surface area contributed by atoms with Gasteiger partial charge in [-0.3, -0.25) is 14.5 Å². The lowest BCUT2D eigenvalue weighted by Crippen LogP contribution is -2.43. The standard InChI is InChI=1S/C16H22N2O3/c1-12(2)17(9-8-16(20)21)11-15(19)18-10-7-13-5-3-4-6-14(13)18/h3-6,12H,7-11H2,1-2H3,(H,20,21). The molecule has 0 spiro atoms. The number of carbonyl (C=O) groups excluding carboxylic acids is 1. The molecule has 0 radical (unpaired) electrons. The Morgan fingerprint density at radius 3 is 2.71 bits per heavy atom. The Balaban J connectivity index is 2.01. The SMILES string of the molecule is CC(C)N(CCC(=O)O)CC(=O)N1CCc2ccccc21. The van der Waals surface area contributed by atoms with Crippen molar-refractivity contribution < 1.29 is 14.7 Å². The lowest BCUT2D eigenvalue weighted by atomic mass is 10.2. The Kier molecular flexibility index (Phi) is 4.96. The molecule has 5 heteroatoms. The molecule has 1 aliphatic rings. The molecule has 1 aromatic carbocycles. The van der Waals surface area contributed by atoms with Gasteiger partial charge in [0.05, 0.1) is 13.0 Å². The first-order valence-electron chi connectivity index (χ1n) is 7.33. The van der Waals surface area contributed by atoms with Crippen LogP contribution in [0.15, 0.2) is 24.3 Å². The molecule has 1 heterocycles. The van der Waals surface area contributed by atoms with Crippen LogP contribution in [0.25, 0.3) is 0 Å². The summed E-state index contributed by atoms with van der Waals surface area (Å²) in [5.74, 6) is -0.793. The highest BCUT2D eigenvalue weighted by Gasteiger charge is 2.26. The lowest BCUT2D eigenvalue weighted by Gasteiger charge is -2.27. The van der Waals surface area contributed by atoms with Crippen LogP contribution >= 0.6 is 0 Å². The van der Waals surface area contributed by atoms with Crippen molar-refractivity contribution in [2.75, 3.05) is 24.5 Å². The first-order chi connectivity index (χ1) is 9.99. The molecule has 1 aromatic rings. The molecule has 0 unspecified atom stereocenters. The van der Waals surface area contributed by atoms with Crippen LogP contribution in [0.5, 0.6) is 0 Å². The van der Waals surface area contributed by atoms with Crippen molar-refractivity contribution in [2.24, 2.45) is 0 Å². The normalized spacial score (nSPS) is 13.8. The summed E-state index contributed by atoms with van der Waals surface area (Å²) in [6.45, 7) is 5.33. The second-order valence-electron chi connectivity index (χ2n) is 5.63. The van der Waals surface area contributed by atoms with E-state index in [-0.39, 0.29) is 24.9 Å². The van der Waals surface area contributed by atoms with Crippen LogP contribution in [0, 0.1) is 0 Å². The fourth-order valence-corrected chi connectivity index (χ4v) is 2.62. The molecule has 1 amide bonds. The van der Waals surface area contributed by atoms with Gasteiger partial charge in [-0.2, -0.15) is 0 Å². The summed E-state index contributed by atoms with van der Waals surface area (Å²) in [6, 6.07) is 8.09. The summed E-state index contributed by atoms with van der Waals surface area (Å²) in [6.07, 6.45) is 0.945. The van der Waals surface area contributed by atoms with Gasteiger partial charge in [0.15, 0.2) is 0 Å². The van der Waals surface area contributed by atoms with E-state index in [1.807, 2.05) is 47.9 Å². The second kappa shape index (κ2) is 6.72. The fourth-order valence-electron chi connectivity index (χ4n) is 2.62. The predicted octanol–water partition coefficient (Wildman–Crippen LogP) is 1.76. The molecular weight excluding hydrogens is 268 g/mol. The second-order valence-corrected chi connectivity index (χ2v) is 5.63. The maximum Gasteiger partial charge on any atom is 0.304 e. The average molecular weight is 290 g/mol. The van der Waals surface area contributed by atoms with E-state index < -0.39 is 5.97 Å². The van der Waals surface area contributed by atoms with Crippen molar-refractivity contribution >= 4 is 17.6 Å². The van der Waals surface area contributed by atoms with Gasteiger partial charge < -0.3 is 10.0 Å². The maximum atomic E-state index is 12.5. The van der Waals surface area contributed by atoms with E-state index in [9.17, 15) is 9.59 Å². The van der Waals surface area contributed by atoms with E-state index in [0.29, 0.717) is 13.1 Å². The molecule has 0 atom stereocenters. The number of carboxylic acid groups (broad SMARTS) is 1. The van der Waals surface area contributed by atoms with Crippen molar-refractivity contribution in [1.82, 2.24) is 4.90 Å². The van der Waals surface area contributed by atoms with Gasteiger partial charge in [0, 0.05) is 24.8 Å². The average Bonchev–Trinajstić information content (AvgIpc) is 2.86. The molecule has 0 fully saturated rings. The zero-order chi connectivity index (χ0) is 15.4. The molecular formula is C16H22N2O3. The van der Waals surface area contributed by atoms with Crippen molar-refractivity contribution in [1.29, 1.82) is 0 Å². The van der Waals surface area contributed by atoms with Crippen LogP contribution in [-0.2, 0) is 16.0 Å². The Hall–Kier alpha value is -1.88. The highest BCUT2D eigenvalue weighted by atomic mass is 16.4. The molecule has 0 bridgehead atoms. The Morgan fingerprint density at radius 1 is 1.33 bits per heavy atom. The summed E-state index contributed by atoms with van der Waals surface area (Å²) >= 11 is 0. The number of aliphatic carboxylic acids is 1. The Labute approximate surface area is 125 Å². The number of nitrogens with zero attached hydrogens (tertiary/aromatic N) is 2. The Bertz CT molecular complexity index is 528. The summed E-state index contributed by atoms with van der Waals surface area (Å²) in [4.78, 5) is 26.9. The van der Waals surface area contributed by atoms with Crippen LogP contribution in [0.1, 0.15) is 25.8 Å². The number of hydrogen-bond acceptors (Lipinski definition) is 3. The van der Waals surface area contributed by atoms with Gasteiger partial charge in [-0.05, 0) is 31.9 Å². The van der Waals surface area contributed by atoms with Gasteiger partial charge in [-0.1, -0.05) is 18.2 Å². The highest BCUT2D eigenvalue weighted by Crippen LogP contribution is 2.27. The van der Waals surface area contributed by atoms with E-state index in [1.54, 1.807) is 0 Å².